The van der Waals surface area contributed by atoms with Gasteiger partial charge in [0.2, 0.25) is 0 Å². The van der Waals surface area contributed by atoms with Crippen molar-refractivity contribution in [2.75, 3.05) is 51.2 Å². The number of nitrogens with one attached hydrogen (secondary N) is 3. The molecule has 1 aromatic carbocycles. The molecule has 0 radical (unpaired) electrons. The summed E-state index contributed by atoms with van der Waals surface area (Å²) >= 11 is 0. The molecule has 3 N–H and O–H groups in total. The van der Waals surface area contributed by atoms with Crippen LogP contribution in [0.15, 0.2) is 18.2 Å². The molecular formula is C16H23ClN4O3. The Labute approximate surface area is 147 Å². The van der Waals surface area contributed by atoms with Crippen LogP contribution in [0.4, 0.5) is 5.69 Å². The SMILES string of the molecule is Cl.O=C1COc2ccc(C(=O)NCCCN3CCNCC3)cc2N1. The van der Waals surface area contributed by atoms with E-state index in [-0.39, 0.29) is 30.8 Å². The first-order valence-corrected chi connectivity index (χ1v) is 8.00. The molecule has 0 saturated carbocycles. The fraction of sp³-hybridized carbons (Fsp3) is 0.500. The van der Waals surface area contributed by atoms with Crippen LogP contribution < -0.4 is 20.7 Å². The number of carbonyl (C=O) groups excluding carboxylic acids is 2. The third-order valence-electron chi connectivity index (χ3n) is 4.02. The number of hydrogen-bond donors (Lipinski definition) is 3. The van der Waals surface area contributed by atoms with Crippen molar-refractivity contribution in [3.8, 4) is 5.75 Å². The molecule has 0 bridgehead atoms. The van der Waals surface area contributed by atoms with E-state index in [4.69, 9.17) is 4.74 Å². The fourth-order valence-electron chi connectivity index (χ4n) is 2.77. The lowest BCUT2D eigenvalue weighted by molar-refractivity contribution is -0.118. The molecule has 1 aromatic rings. The predicted octanol–water partition coefficient (Wildman–Crippen LogP) is 0.464. The van der Waals surface area contributed by atoms with Gasteiger partial charge in [-0.15, -0.1) is 12.4 Å². The zero-order chi connectivity index (χ0) is 16.1. The van der Waals surface area contributed by atoms with E-state index in [0.29, 0.717) is 23.5 Å². The van der Waals surface area contributed by atoms with Crippen molar-refractivity contribution in [1.82, 2.24) is 15.5 Å². The Kier molecular flexibility index (Phi) is 6.84. The molecule has 132 valence electrons. The van der Waals surface area contributed by atoms with Gasteiger partial charge in [0.25, 0.3) is 11.8 Å². The molecule has 0 aliphatic carbocycles. The van der Waals surface area contributed by atoms with E-state index in [1.54, 1.807) is 18.2 Å². The highest BCUT2D eigenvalue weighted by molar-refractivity contribution is 5.99. The molecular weight excluding hydrogens is 332 g/mol. The van der Waals surface area contributed by atoms with Crippen LogP contribution >= 0.6 is 12.4 Å². The maximum Gasteiger partial charge on any atom is 0.262 e. The summed E-state index contributed by atoms with van der Waals surface area (Å²) in [6, 6.07) is 5.07. The van der Waals surface area contributed by atoms with Crippen LogP contribution in [0.5, 0.6) is 5.75 Å². The highest BCUT2D eigenvalue weighted by atomic mass is 35.5. The van der Waals surface area contributed by atoms with Gasteiger partial charge < -0.3 is 25.6 Å². The quantitative estimate of drug-likeness (QED) is 0.669. The van der Waals surface area contributed by atoms with Crippen molar-refractivity contribution in [3.05, 3.63) is 23.8 Å². The zero-order valence-corrected chi connectivity index (χ0v) is 14.3. The first kappa shape index (κ1) is 18.5. The molecule has 2 aliphatic rings. The highest BCUT2D eigenvalue weighted by Gasteiger charge is 2.17. The monoisotopic (exact) mass is 354 g/mol. The van der Waals surface area contributed by atoms with Gasteiger partial charge in [-0.2, -0.15) is 0 Å². The molecule has 0 spiro atoms. The number of nitrogens with zero attached hydrogens (tertiary/aromatic N) is 1. The van der Waals surface area contributed by atoms with E-state index in [0.717, 1.165) is 39.1 Å². The van der Waals surface area contributed by atoms with Crippen molar-refractivity contribution in [3.63, 3.8) is 0 Å². The van der Waals surface area contributed by atoms with Crippen LogP contribution in [0.2, 0.25) is 0 Å². The standard InChI is InChI=1S/C16H22N4O3.ClH/c21-15-11-23-14-3-2-12(10-13(14)19-15)16(22)18-4-1-7-20-8-5-17-6-9-20;/h2-3,10,17H,1,4-9,11H2,(H,18,22)(H,19,21);1H. The summed E-state index contributed by atoms with van der Waals surface area (Å²) in [6.45, 7) is 5.87. The molecule has 0 atom stereocenters. The minimum Gasteiger partial charge on any atom is -0.482 e. The van der Waals surface area contributed by atoms with Crippen molar-refractivity contribution in [1.29, 1.82) is 0 Å². The van der Waals surface area contributed by atoms with Gasteiger partial charge in [-0.3, -0.25) is 9.59 Å². The molecule has 2 amide bonds. The number of piperazine rings is 1. The Morgan fingerprint density at radius 1 is 1.29 bits per heavy atom. The fourth-order valence-corrected chi connectivity index (χ4v) is 2.77. The second kappa shape index (κ2) is 8.86. The molecule has 3 rings (SSSR count). The van der Waals surface area contributed by atoms with Crippen LogP contribution in [0.3, 0.4) is 0 Å². The topological polar surface area (TPSA) is 82.7 Å². The third kappa shape index (κ3) is 4.83. The average molecular weight is 355 g/mol. The smallest absolute Gasteiger partial charge is 0.262 e. The third-order valence-corrected chi connectivity index (χ3v) is 4.02. The molecule has 1 saturated heterocycles. The van der Waals surface area contributed by atoms with Crippen molar-refractivity contribution in [2.45, 2.75) is 6.42 Å². The molecule has 8 heteroatoms. The molecule has 7 nitrogen and oxygen atoms in total. The van der Waals surface area contributed by atoms with Crippen molar-refractivity contribution in [2.24, 2.45) is 0 Å². The minimum absolute atomic E-state index is 0. The van der Waals surface area contributed by atoms with E-state index >= 15 is 0 Å². The van der Waals surface area contributed by atoms with E-state index in [2.05, 4.69) is 20.9 Å². The van der Waals surface area contributed by atoms with E-state index in [1.165, 1.54) is 0 Å². The summed E-state index contributed by atoms with van der Waals surface area (Å²) in [5.41, 5.74) is 1.08. The molecule has 2 aliphatic heterocycles. The number of anilines is 1. The predicted molar refractivity (Wildman–Crippen MR) is 94.1 cm³/mol. The summed E-state index contributed by atoms with van der Waals surface area (Å²) in [5, 5.41) is 8.95. The van der Waals surface area contributed by atoms with Crippen molar-refractivity contribution < 1.29 is 14.3 Å². The Hall–Kier alpha value is -1.83. The van der Waals surface area contributed by atoms with Crippen LogP contribution in [0, 0.1) is 0 Å². The number of amides is 2. The number of halogens is 1. The maximum absolute atomic E-state index is 12.2. The van der Waals surface area contributed by atoms with Gasteiger partial charge in [-0.05, 0) is 31.2 Å². The van der Waals surface area contributed by atoms with Crippen molar-refractivity contribution >= 4 is 29.9 Å². The Morgan fingerprint density at radius 2 is 2.08 bits per heavy atom. The highest BCUT2D eigenvalue weighted by Crippen LogP contribution is 2.28. The maximum atomic E-state index is 12.2. The molecule has 1 fully saturated rings. The summed E-state index contributed by atoms with van der Waals surface area (Å²) in [7, 11) is 0. The lowest BCUT2D eigenvalue weighted by Gasteiger charge is -2.27. The second-order valence-corrected chi connectivity index (χ2v) is 5.75. The average Bonchev–Trinajstić information content (AvgIpc) is 2.58. The van der Waals surface area contributed by atoms with E-state index < -0.39 is 0 Å². The number of ether oxygens (including phenoxy) is 1. The van der Waals surface area contributed by atoms with Gasteiger partial charge in [0.15, 0.2) is 6.61 Å². The molecule has 2 heterocycles. The van der Waals surface area contributed by atoms with Crippen LogP contribution in [-0.2, 0) is 4.79 Å². The first-order chi connectivity index (χ1) is 11.2. The molecule has 0 unspecified atom stereocenters. The van der Waals surface area contributed by atoms with E-state index in [1.807, 2.05) is 0 Å². The zero-order valence-electron chi connectivity index (χ0n) is 13.5. The van der Waals surface area contributed by atoms with E-state index in [9.17, 15) is 9.59 Å². The van der Waals surface area contributed by atoms with Gasteiger partial charge in [0, 0.05) is 38.3 Å². The number of hydrogen-bond acceptors (Lipinski definition) is 5. The first-order valence-electron chi connectivity index (χ1n) is 8.00. The summed E-state index contributed by atoms with van der Waals surface area (Å²) in [6.07, 6.45) is 0.927. The van der Waals surface area contributed by atoms with Gasteiger partial charge in [-0.25, -0.2) is 0 Å². The van der Waals surface area contributed by atoms with Gasteiger partial charge in [-0.1, -0.05) is 0 Å². The van der Waals surface area contributed by atoms with Gasteiger partial charge in [0.05, 0.1) is 5.69 Å². The summed E-state index contributed by atoms with van der Waals surface area (Å²) < 4.78 is 5.28. The lowest BCUT2D eigenvalue weighted by atomic mass is 10.1. The van der Waals surface area contributed by atoms with Crippen LogP contribution in [0.1, 0.15) is 16.8 Å². The number of carbonyl (C=O) groups is 2. The van der Waals surface area contributed by atoms with Crippen LogP contribution in [-0.4, -0.2) is 62.6 Å². The number of fused-ring (bicyclic) bond motifs is 1. The summed E-state index contributed by atoms with van der Waals surface area (Å²) in [4.78, 5) is 25.9. The number of rotatable bonds is 5. The normalized spacial score (nSPS) is 17.1. The lowest BCUT2D eigenvalue weighted by Crippen LogP contribution is -2.44. The summed E-state index contributed by atoms with van der Waals surface area (Å²) in [5.74, 6) is 0.263. The Balaban J connectivity index is 0.00000208. The molecule has 0 aromatic heterocycles. The number of benzene rings is 1. The second-order valence-electron chi connectivity index (χ2n) is 5.75. The Bertz CT molecular complexity index is 591. The van der Waals surface area contributed by atoms with Gasteiger partial charge in [0.1, 0.15) is 5.75 Å². The molecule has 24 heavy (non-hydrogen) atoms. The van der Waals surface area contributed by atoms with Crippen LogP contribution in [0.25, 0.3) is 0 Å². The minimum atomic E-state index is -0.203. The Morgan fingerprint density at radius 3 is 2.88 bits per heavy atom. The largest absolute Gasteiger partial charge is 0.482 e. The van der Waals surface area contributed by atoms with Gasteiger partial charge >= 0.3 is 0 Å².